The van der Waals surface area contributed by atoms with Gasteiger partial charge in [0.2, 0.25) is 0 Å². The van der Waals surface area contributed by atoms with Gasteiger partial charge in [-0.2, -0.15) is 0 Å². The molecule has 1 atom stereocenters. The van der Waals surface area contributed by atoms with Crippen LogP contribution in [0.2, 0.25) is 0 Å². The Morgan fingerprint density at radius 3 is 2.78 bits per heavy atom. The maximum Gasteiger partial charge on any atom is 0.405 e. The van der Waals surface area contributed by atoms with E-state index in [2.05, 4.69) is 4.98 Å². The van der Waals surface area contributed by atoms with Crippen LogP contribution in [-0.4, -0.2) is 23.1 Å². The van der Waals surface area contributed by atoms with Crippen molar-refractivity contribution in [1.29, 1.82) is 0 Å². The monoisotopic (exact) mass is 315 g/mol. The topological polar surface area (TPSA) is 85.5 Å². The van der Waals surface area contributed by atoms with Gasteiger partial charge in [0.1, 0.15) is 11.6 Å². The highest BCUT2D eigenvalue weighted by Gasteiger charge is 2.35. The molecular weight excluding hydrogens is 301 g/mol. The molecule has 1 unspecified atom stereocenters. The second-order valence-electron chi connectivity index (χ2n) is 5.17. The van der Waals surface area contributed by atoms with Crippen LogP contribution in [0.25, 0.3) is 0 Å². The molecule has 1 aliphatic rings. The summed E-state index contributed by atoms with van der Waals surface area (Å²) in [6.45, 7) is 0.196. The lowest BCUT2D eigenvalue weighted by Crippen LogP contribution is -2.47. The van der Waals surface area contributed by atoms with E-state index in [1.807, 2.05) is 6.07 Å². The normalized spacial score (nSPS) is 16.8. The number of benzene rings is 1. The molecule has 7 heteroatoms. The van der Waals surface area contributed by atoms with Crippen LogP contribution in [0.5, 0.6) is 0 Å². The van der Waals surface area contributed by atoms with E-state index in [9.17, 15) is 14.0 Å². The van der Waals surface area contributed by atoms with E-state index in [1.54, 1.807) is 24.4 Å². The molecule has 0 saturated carbocycles. The second-order valence-corrected chi connectivity index (χ2v) is 5.17. The zero-order valence-electron chi connectivity index (χ0n) is 12.1. The molecule has 1 aromatic heterocycles. The van der Waals surface area contributed by atoms with Gasteiger partial charge in [0, 0.05) is 12.6 Å². The molecule has 0 saturated heterocycles. The first kappa shape index (κ1) is 15.0. The van der Waals surface area contributed by atoms with Crippen molar-refractivity contribution >= 4 is 17.8 Å². The van der Waals surface area contributed by atoms with Crippen molar-refractivity contribution in [3.8, 4) is 0 Å². The Hall–Kier alpha value is -2.96. The lowest BCUT2D eigenvalue weighted by atomic mass is 10.0. The number of pyridine rings is 1. The summed E-state index contributed by atoms with van der Waals surface area (Å²) in [5.41, 5.74) is 6.54. The van der Waals surface area contributed by atoms with E-state index in [1.165, 1.54) is 17.0 Å². The molecule has 2 heterocycles. The molecule has 118 valence electrons. The first-order valence-electron chi connectivity index (χ1n) is 7.00. The van der Waals surface area contributed by atoms with Crippen LogP contribution in [0, 0.1) is 5.82 Å². The van der Waals surface area contributed by atoms with Gasteiger partial charge in [0.25, 0.3) is 5.91 Å². The van der Waals surface area contributed by atoms with Gasteiger partial charge in [0.05, 0.1) is 6.54 Å². The minimum atomic E-state index is -1.00. The molecule has 0 radical (unpaired) electrons. The van der Waals surface area contributed by atoms with Crippen LogP contribution in [0.4, 0.5) is 15.0 Å². The summed E-state index contributed by atoms with van der Waals surface area (Å²) in [6, 6.07) is 9.37. The van der Waals surface area contributed by atoms with Crippen molar-refractivity contribution < 1.29 is 18.7 Å². The highest BCUT2D eigenvalue weighted by atomic mass is 19.1. The number of aromatic nitrogens is 1. The largest absolute Gasteiger partial charge is 0.436 e. The van der Waals surface area contributed by atoms with E-state index in [0.29, 0.717) is 5.82 Å². The third kappa shape index (κ3) is 3.13. The SMILES string of the molecule is NC(=O)OC1Cc2cccnc2N(Cc2ccc(F)cc2)C1=O. The second kappa shape index (κ2) is 6.04. The molecule has 23 heavy (non-hydrogen) atoms. The number of anilines is 1. The zero-order valence-corrected chi connectivity index (χ0v) is 12.1. The first-order chi connectivity index (χ1) is 11.0. The Kier molecular flexibility index (Phi) is 3.92. The summed E-state index contributed by atoms with van der Waals surface area (Å²) >= 11 is 0. The van der Waals surface area contributed by atoms with Crippen molar-refractivity contribution in [2.45, 2.75) is 19.1 Å². The van der Waals surface area contributed by atoms with E-state index in [0.717, 1.165) is 11.1 Å². The van der Waals surface area contributed by atoms with Gasteiger partial charge in [-0.15, -0.1) is 0 Å². The number of amides is 2. The highest BCUT2D eigenvalue weighted by Crippen LogP contribution is 2.28. The Morgan fingerprint density at radius 1 is 1.35 bits per heavy atom. The predicted molar refractivity (Wildman–Crippen MR) is 80.0 cm³/mol. The Balaban J connectivity index is 1.93. The number of hydrogen-bond acceptors (Lipinski definition) is 4. The van der Waals surface area contributed by atoms with Crippen LogP contribution >= 0.6 is 0 Å². The Labute approximate surface area is 131 Å². The molecule has 2 amide bonds. The van der Waals surface area contributed by atoms with Gasteiger partial charge in [0.15, 0.2) is 6.10 Å². The molecule has 2 N–H and O–H groups in total. The first-order valence-corrected chi connectivity index (χ1v) is 7.00. The molecule has 6 nitrogen and oxygen atoms in total. The molecule has 1 aliphatic heterocycles. The summed E-state index contributed by atoms with van der Waals surface area (Å²) in [5, 5.41) is 0. The minimum absolute atomic E-state index is 0.196. The average molecular weight is 315 g/mol. The van der Waals surface area contributed by atoms with Crippen molar-refractivity contribution in [1.82, 2.24) is 4.98 Å². The number of hydrogen-bond donors (Lipinski definition) is 1. The number of halogens is 1. The fraction of sp³-hybridized carbons (Fsp3) is 0.188. The number of nitrogens with two attached hydrogens (primary N) is 1. The fourth-order valence-corrected chi connectivity index (χ4v) is 2.56. The number of carbonyl (C=O) groups is 2. The van der Waals surface area contributed by atoms with Crippen molar-refractivity contribution in [3.05, 3.63) is 59.5 Å². The summed E-state index contributed by atoms with van der Waals surface area (Å²) in [6.07, 6.45) is -0.175. The quantitative estimate of drug-likeness (QED) is 0.935. The summed E-state index contributed by atoms with van der Waals surface area (Å²) < 4.78 is 17.9. The van der Waals surface area contributed by atoms with E-state index in [-0.39, 0.29) is 18.8 Å². The number of nitrogens with zero attached hydrogens (tertiary/aromatic N) is 2. The molecule has 0 spiro atoms. The predicted octanol–water partition coefficient (Wildman–Crippen LogP) is 1.77. The lowest BCUT2D eigenvalue weighted by molar-refractivity contribution is -0.127. The summed E-state index contributed by atoms with van der Waals surface area (Å²) in [5.74, 6) is -0.252. The standard InChI is InChI=1S/C16H14FN3O3/c17-12-5-3-10(4-6-12)9-20-14-11(2-1-7-19-14)8-13(15(20)21)23-16(18)22/h1-7,13H,8-9H2,(H2,18,22). The fourth-order valence-electron chi connectivity index (χ4n) is 2.56. The molecule has 0 aliphatic carbocycles. The number of carbonyl (C=O) groups excluding carboxylic acids is 2. The Bertz CT molecular complexity index is 748. The third-order valence-corrected chi connectivity index (χ3v) is 3.58. The number of fused-ring (bicyclic) bond motifs is 1. The highest BCUT2D eigenvalue weighted by molar-refractivity contribution is 5.99. The smallest absolute Gasteiger partial charge is 0.405 e. The van der Waals surface area contributed by atoms with Crippen molar-refractivity contribution in [3.63, 3.8) is 0 Å². The molecule has 2 aromatic rings. The average Bonchev–Trinajstić information content (AvgIpc) is 2.53. The van der Waals surface area contributed by atoms with Crippen molar-refractivity contribution in [2.75, 3.05) is 4.90 Å². The maximum atomic E-state index is 13.0. The lowest BCUT2D eigenvalue weighted by Gasteiger charge is -2.32. The summed E-state index contributed by atoms with van der Waals surface area (Å²) in [4.78, 5) is 29.2. The van der Waals surface area contributed by atoms with E-state index >= 15 is 0 Å². The number of ether oxygens (including phenoxy) is 1. The maximum absolute atomic E-state index is 13.0. The number of rotatable bonds is 3. The molecule has 1 aromatic carbocycles. The molecule has 0 bridgehead atoms. The van der Waals surface area contributed by atoms with Crippen LogP contribution < -0.4 is 10.6 Å². The molecular formula is C16H14FN3O3. The summed E-state index contributed by atoms with van der Waals surface area (Å²) in [7, 11) is 0. The number of primary amides is 1. The van der Waals surface area contributed by atoms with Crippen LogP contribution in [0.3, 0.4) is 0 Å². The van der Waals surface area contributed by atoms with Crippen molar-refractivity contribution in [2.24, 2.45) is 5.73 Å². The molecule has 0 fully saturated rings. The third-order valence-electron chi connectivity index (χ3n) is 3.58. The van der Waals surface area contributed by atoms with Crippen LogP contribution in [-0.2, 0) is 22.5 Å². The van der Waals surface area contributed by atoms with Gasteiger partial charge in [-0.25, -0.2) is 14.2 Å². The molecule has 3 rings (SSSR count). The van der Waals surface area contributed by atoms with Gasteiger partial charge >= 0.3 is 6.09 Å². The zero-order chi connectivity index (χ0) is 16.4. The van der Waals surface area contributed by atoms with Crippen LogP contribution in [0.15, 0.2) is 42.6 Å². The minimum Gasteiger partial charge on any atom is -0.436 e. The van der Waals surface area contributed by atoms with Gasteiger partial charge in [-0.3, -0.25) is 9.69 Å². The van der Waals surface area contributed by atoms with E-state index < -0.39 is 18.1 Å². The van der Waals surface area contributed by atoms with Gasteiger partial charge in [-0.05, 0) is 29.3 Å². The van der Waals surface area contributed by atoms with E-state index in [4.69, 9.17) is 10.5 Å². The van der Waals surface area contributed by atoms with Gasteiger partial charge < -0.3 is 10.5 Å². The van der Waals surface area contributed by atoms with Gasteiger partial charge in [-0.1, -0.05) is 18.2 Å². The van der Waals surface area contributed by atoms with Crippen LogP contribution in [0.1, 0.15) is 11.1 Å². The Morgan fingerprint density at radius 2 is 2.09 bits per heavy atom.